The van der Waals surface area contributed by atoms with Crippen LogP contribution in [0.15, 0.2) is 18.2 Å². The molecule has 5 nitrogen and oxygen atoms in total. The smallest absolute Gasteiger partial charge is 0.340 e. The zero-order chi connectivity index (χ0) is 14.5. The minimum absolute atomic E-state index is 0.179. The lowest BCUT2D eigenvalue weighted by Crippen LogP contribution is -2.40. The molecule has 2 N–H and O–H groups in total. The van der Waals surface area contributed by atoms with Crippen molar-refractivity contribution in [2.75, 3.05) is 37.4 Å². The number of ether oxygens (including phenoxy) is 2. The Kier molecular flexibility index (Phi) is 4.84. The van der Waals surface area contributed by atoms with Gasteiger partial charge in [-0.15, -0.1) is 0 Å². The maximum atomic E-state index is 12.1. The highest BCUT2D eigenvalue weighted by Crippen LogP contribution is 2.31. The van der Waals surface area contributed by atoms with Crippen molar-refractivity contribution >= 4 is 17.3 Å². The average molecular weight is 278 g/mol. The van der Waals surface area contributed by atoms with Gasteiger partial charge in [0, 0.05) is 20.2 Å². The molecule has 1 fully saturated rings. The summed E-state index contributed by atoms with van der Waals surface area (Å²) in [5.41, 5.74) is 7.99. The Morgan fingerprint density at radius 1 is 1.50 bits per heavy atom. The van der Waals surface area contributed by atoms with Gasteiger partial charge in [-0.1, -0.05) is 6.07 Å². The van der Waals surface area contributed by atoms with Gasteiger partial charge in [-0.25, -0.2) is 4.79 Å². The fourth-order valence-corrected chi connectivity index (χ4v) is 2.62. The van der Waals surface area contributed by atoms with Gasteiger partial charge in [0.15, 0.2) is 0 Å². The minimum Gasteiger partial charge on any atom is -0.462 e. The molecule has 0 bridgehead atoms. The van der Waals surface area contributed by atoms with E-state index in [4.69, 9.17) is 15.2 Å². The molecule has 1 saturated heterocycles. The predicted molar refractivity (Wildman–Crippen MR) is 79.1 cm³/mol. The van der Waals surface area contributed by atoms with E-state index in [0.29, 0.717) is 17.9 Å². The third kappa shape index (κ3) is 3.04. The molecule has 1 aliphatic heterocycles. The summed E-state index contributed by atoms with van der Waals surface area (Å²) >= 11 is 0. The van der Waals surface area contributed by atoms with Crippen LogP contribution in [0.3, 0.4) is 0 Å². The van der Waals surface area contributed by atoms with Gasteiger partial charge in [-0.3, -0.25) is 0 Å². The number of para-hydroxylation sites is 1. The van der Waals surface area contributed by atoms with Crippen molar-refractivity contribution in [2.45, 2.75) is 25.9 Å². The van der Waals surface area contributed by atoms with Gasteiger partial charge in [-0.2, -0.15) is 0 Å². The van der Waals surface area contributed by atoms with Crippen LogP contribution in [0.5, 0.6) is 0 Å². The number of nitrogens with two attached hydrogens (primary N) is 1. The van der Waals surface area contributed by atoms with E-state index in [9.17, 15) is 4.79 Å². The number of piperidine rings is 1. The van der Waals surface area contributed by atoms with E-state index in [1.165, 1.54) is 0 Å². The Labute approximate surface area is 119 Å². The molecule has 110 valence electrons. The number of carbonyl (C=O) groups excluding carboxylic acids is 1. The van der Waals surface area contributed by atoms with E-state index in [-0.39, 0.29) is 12.1 Å². The van der Waals surface area contributed by atoms with Gasteiger partial charge in [0.05, 0.1) is 29.6 Å². The van der Waals surface area contributed by atoms with Crippen LogP contribution < -0.4 is 10.6 Å². The number of hydrogen-bond acceptors (Lipinski definition) is 5. The summed E-state index contributed by atoms with van der Waals surface area (Å²) in [6.07, 6.45) is 2.24. The zero-order valence-corrected chi connectivity index (χ0v) is 12.1. The molecule has 1 atom stereocenters. The first-order valence-electron chi connectivity index (χ1n) is 7.00. The lowest BCUT2D eigenvalue weighted by molar-refractivity contribution is 0.0526. The van der Waals surface area contributed by atoms with Crippen LogP contribution in [0, 0.1) is 0 Å². The maximum absolute atomic E-state index is 12.1. The summed E-state index contributed by atoms with van der Waals surface area (Å²) in [5.74, 6) is -0.325. The predicted octanol–water partition coefficient (Wildman–Crippen LogP) is 2.06. The topological polar surface area (TPSA) is 64.8 Å². The van der Waals surface area contributed by atoms with Crippen LogP contribution in [0.1, 0.15) is 30.1 Å². The maximum Gasteiger partial charge on any atom is 0.340 e. The lowest BCUT2D eigenvalue weighted by Gasteiger charge is -2.35. The molecule has 5 heteroatoms. The minimum atomic E-state index is -0.325. The number of esters is 1. The monoisotopic (exact) mass is 278 g/mol. The van der Waals surface area contributed by atoms with Gasteiger partial charge < -0.3 is 20.1 Å². The fraction of sp³-hybridized carbons (Fsp3) is 0.533. The summed E-state index contributed by atoms with van der Waals surface area (Å²) in [5, 5.41) is 0. The second-order valence-corrected chi connectivity index (χ2v) is 4.91. The number of nitrogen functional groups attached to an aromatic ring is 1. The molecule has 0 saturated carbocycles. The third-order valence-corrected chi connectivity index (χ3v) is 3.59. The van der Waals surface area contributed by atoms with E-state index >= 15 is 0 Å². The SMILES string of the molecule is CCOC(=O)c1cccc(N)c1N1CCCC(OC)C1. The number of rotatable bonds is 4. The normalized spacial score (nSPS) is 18.9. The average Bonchev–Trinajstić information content (AvgIpc) is 2.47. The summed E-state index contributed by atoms with van der Waals surface area (Å²) in [6.45, 7) is 3.77. The largest absolute Gasteiger partial charge is 0.462 e. The molecular weight excluding hydrogens is 256 g/mol. The number of carbonyl (C=O) groups is 1. The molecule has 1 heterocycles. The van der Waals surface area contributed by atoms with E-state index in [0.717, 1.165) is 31.6 Å². The first-order valence-corrected chi connectivity index (χ1v) is 7.00. The second kappa shape index (κ2) is 6.61. The molecule has 0 spiro atoms. The highest BCUT2D eigenvalue weighted by Gasteiger charge is 2.25. The standard InChI is InChI=1S/C15H22N2O3/c1-3-20-15(18)12-7-4-8-13(16)14(12)17-9-5-6-11(10-17)19-2/h4,7-8,11H,3,5-6,9-10,16H2,1-2H3. The van der Waals surface area contributed by atoms with Gasteiger partial charge in [-0.05, 0) is 31.9 Å². The van der Waals surface area contributed by atoms with Crippen LogP contribution >= 0.6 is 0 Å². The van der Waals surface area contributed by atoms with Gasteiger partial charge in [0.2, 0.25) is 0 Å². The molecule has 1 unspecified atom stereocenters. The Hall–Kier alpha value is -1.75. The number of benzene rings is 1. The van der Waals surface area contributed by atoms with Gasteiger partial charge in [0.1, 0.15) is 0 Å². The lowest BCUT2D eigenvalue weighted by atomic mass is 10.0. The van der Waals surface area contributed by atoms with Crippen LogP contribution in [0.4, 0.5) is 11.4 Å². The van der Waals surface area contributed by atoms with Gasteiger partial charge >= 0.3 is 5.97 Å². The van der Waals surface area contributed by atoms with Crippen molar-refractivity contribution in [3.05, 3.63) is 23.8 Å². The van der Waals surface area contributed by atoms with Crippen molar-refractivity contribution < 1.29 is 14.3 Å². The Morgan fingerprint density at radius 2 is 2.30 bits per heavy atom. The van der Waals surface area contributed by atoms with Crippen molar-refractivity contribution in [1.29, 1.82) is 0 Å². The highest BCUT2D eigenvalue weighted by atomic mass is 16.5. The molecule has 0 aliphatic carbocycles. The quantitative estimate of drug-likeness (QED) is 0.674. The van der Waals surface area contributed by atoms with E-state index in [2.05, 4.69) is 4.90 Å². The zero-order valence-electron chi connectivity index (χ0n) is 12.1. The summed E-state index contributed by atoms with van der Waals surface area (Å²) in [7, 11) is 1.72. The van der Waals surface area contributed by atoms with Crippen LogP contribution in [-0.4, -0.2) is 38.9 Å². The molecule has 1 aromatic rings. The summed E-state index contributed by atoms with van der Waals surface area (Å²) in [6, 6.07) is 5.36. The number of nitrogens with zero attached hydrogens (tertiary/aromatic N) is 1. The van der Waals surface area contributed by atoms with Crippen molar-refractivity contribution in [3.8, 4) is 0 Å². The van der Waals surface area contributed by atoms with Gasteiger partial charge in [0.25, 0.3) is 0 Å². The van der Waals surface area contributed by atoms with E-state index in [1.54, 1.807) is 26.2 Å². The third-order valence-electron chi connectivity index (χ3n) is 3.59. The van der Waals surface area contributed by atoms with E-state index in [1.807, 2.05) is 6.07 Å². The van der Waals surface area contributed by atoms with E-state index < -0.39 is 0 Å². The van der Waals surface area contributed by atoms with Crippen molar-refractivity contribution in [2.24, 2.45) is 0 Å². The second-order valence-electron chi connectivity index (χ2n) is 4.91. The Bertz CT molecular complexity index is 476. The Morgan fingerprint density at radius 3 is 3.00 bits per heavy atom. The molecule has 0 aromatic heterocycles. The number of hydrogen-bond donors (Lipinski definition) is 1. The van der Waals surface area contributed by atoms with Crippen LogP contribution in [-0.2, 0) is 9.47 Å². The molecule has 20 heavy (non-hydrogen) atoms. The molecule has 1 aromatic carbocycles. The summed E-state index contributed by atoms with van der Waals surface area (Å²) in [4.78, 5) is 14.2. The molecule has 2 rings (SSSR count). The summed E-state index contributed by atoms with van der Waals surface area (Å²) < 4.78 is 10.5. The molecule has 0 amide bonds. The van der Waals surface area contributed by atoms with Crippen LogP contribution in [0.2, 0.25) is 0 Å². The molecule has 0 radical (unpaired) electrons. The van der Waals surface area contributed by atoms with Crippen molar-refractivity contribution in [3.63, 3.8) is 0 Å². The highest BCUT2D eigenvalue weighted by molar-refractivity contribution is 5.99. The number of anilines is 2. The van der Waals surface area contributed by atoms with Crippen molar-refractivity contribution in [1.82, 2.24) is 0 Å². The first-order chi connectivity index (χ1) is 9.67. The fourth-order valence-electron chi connectivity index (χ4n) is 2.62. The number of methoxy groups -OCH3 is 1. The Balaban J connectivity index is 2.31. The molecular formula is C15H22N2O3. The van der Waals surface area contributed by atoms with Crippen LogP contribution in [0.25, 0.3) is 0 Å². The first kappa shape index (κ1) is 14.7. The molecule has 1 aliphatic rings.